The molecular formula is C8H9N2O. The molecule has 0 spiro atoms. The lowest BCUT2D eigenvalue weighted by Crippen LogP contribution is -2.11. The van der Waals surface area contributed by atoms with Crippen molar-refractivity contribution in [3.63, 3.8) is 0 Å². The molecule has 0 N–H and O–H groups in total. The quantitative estimate of drug-likeness (QED) is 0.550. The third-order valence-corrected chi connectivity index (χ3v) is 1.67. The van der Waals surface area contributed by atoms with Gasteiger partial charge in [-0.25, -0.2) is 4.98 Å². The van der Waals surface area contributed by atoms with Crippen LogP contribution in [-0.4, -0.2) is 16.6 Å². The molecule has 11 heavy (non-hydrogen) atoms. The predicted octanol–water partition coefficient (Wildman–Crippen LogP) is 0.910. The molecule has 0 aliphatic carbocycles. The van der Waals surface area contributed by atoms with Crippen molar-refractivity contribution in [1.82, 2.24) is 9.97 Å². The summed E-state index contributed by atoms with van der Waals surface area (Å²) in [5, 5.41) is 0. The monoisotopic (exact) mass is 149 g/mol. The molecule has 3 nitrogen and oxygen atoms in total. The summed E-state index contributed by atoms with van der Waals surface area (Å²) in [6.45, 7) is 2.65. The predicted molar refractivity (Wildman–Crippen MR) is 39.4 cm³/mol. The minimum atomic E-state index is 0.668. The van der Waals surface area contributed by atoms with E-state index in [0.717, 1.165) is 30.8 Å². The summed E-state index contributed by atoms with van der Waals surface area (Å²) in [6.07, 6.45) is 4.80. The molecule has 1 aromatic heterocycles. The smallest absolute Gasteiger partial charge is 0.236 e. The fourth-order valence-electron chi connectivity index (χ4n) is 1.16. The van der Waals surface area contributed by atoms with Crippen LogP contribution in [0.3, 0.4) is 0 Å². The van der Waals surface area contributed by atoms with Crippen LogP contribution >= 0.6 is 0 Å². The van der Waals surface area contributed by atoms with Crippen LogP contribution in [0, 0.1) is 13.1 Å². The molecule has 1 aliphatic rings. The van der Waals surface area contributed by atoms with Crippen LogP contribution in [0.4, 0.5) is 0 Å². The van der Waals surface area contributed by atoms with Crippen molar-refractivity contribution >= 4 is 0 Å². The molecule has 0 bridgehead atoms. The SMILES string of the molecule is Cc1[c]nc2c(n1)CCCO2. The Labute approximate surface area is 65.4 Å². The minimum Gasteiger partial charge on any atom is -0.476 e. The van der Waals surface area contributed by atoms with Crippen molar-refractivity contribution in [3.8, 4) is 5.88 Å². The van der Waals surface area contributed by atoms with Crippen LogP contribution in [0.1, 0.15) is 17.8 Å². The van der Waals surface area contributed by atoms with Gasteiger partial charge in [-0.3, -0.25) is 4.98 Å². The van der Waals surface area contributed by atoms with Gasteiger partial charge in [0.15, 0.2) is 0 Å². The number of hydrogen-bond donors (Lipinski definition) is 0. The summed E-state index contributed by atoms with van der Waals surface area (Å²) in [5.41, 5.74) is 1.82. The maximum Gasteiger partial charge on any atom is 0.236 e. The second-order valence-corrected chi connectivity index (χ2v) is 2.62. The number of nitrogens with zero attached hydrogens (tertiary/aromatic N) is 2. The van der Waals surface area contributed by atoms with Crippen LogP contribution < -0.4 is 4.74 Å². The molecule has 0 amide bonds. The Kier molecular flexibility index (Phi) is 1.49. The normalized spacial score (nSPS) is 15.4. The number of ether oxygens (including phenoxy) is 1. The van der Waals surface area contributed by atoms with E-state index in [4.69, 9.17) is 4.74 Å². The number of rotatable bonds is 0. The van der Waals surface area contributed by atoms with Crippen molar-refractivity contribution in [1.29, 1.82) is 0 Å². The zero-order valence-corrected chi connectivity index (χ0v) is 6.42. The molecule has 0 unspecified atom stereocenters. The maximum absolute atomic E-state index is 5.27. The van der Waals surface area contributed by atoms with E-state index in [2.05, 4.69) is 16.2 Å². The minimum absolute atomic E-state index is 0.668. The highest BCUT2D eigenvalue weighted by Crippen LogP contribution is 2.18. The Balaban J connectivity index is 2.43. The van der Waals surface area contributed by atoms with Gasteiger partial charge in [-0.2, -0.15) is 0 Å². The highest BCUT2D eigenvalue weighted by molar-refractivity contribution is 5.20. The van der Waals surface area contributed by atoms with E-state index in [1.54, 1.807) is 0 Å². The van der Waals surface area contributed by atoms with Crippen molar-refractivity contribution in [2.45, 2.75) is 19.8 Å². The van der Waals surface area contributed by atoms with Crippen LogP contribution in [0.5, 0.6) is 5.88 Å². The molecule has 1 aromatic rings. The zero-order chi connectivity index (χ0) is 7.68. The average molecular weight is 149 g/mol. The third kappa shape index (κ3) is 1.18. The van der Waals surface area contributed by atoms with E-state index < -0.39 is 0 Å². The van der Waals surface area contributed by atoms with Gasteiger partial charge in [0.05, 0.1) is 12.3 Å². The maximum atomic E-state index is 5.27. The first-order chi connectivity index (χ1) is 5.36. The molecule has 0 saturated heterocycles. The lowest BCUT2D eigenvalue weighted by Gasteiger charge is -2.14. The average Bonchev–Trinajstić information content (AvgIpc) is 2.04. The van der Waals surface area contributed by atoms with Crippen molar-refractivity contribution in [2.24, 2.45) is 0 Å². The van der Waals surface area contributed by atoms with Gasteiger partial charge < -0.3 is 4.74 Å². The van der Waals surface area contributed by atoms with Crippen LogP contribution in [0.15, 0.2) is 0 Å². The van der Waals surface area contributed by atoms with Gasteiger partial charge in [0.1, 0.15) is 11.9 Å². The van der Waals surface area contributed by atoms with Crippen LogP contribution in [0.25, 0.3) is 0 Å². The first-order valence-corrected chi connectivity index (χ1v) is 3.74. The van der Waals surface area contributed by atoms with E-state index in [-0.39, 0.29) is 0 Å². The molecule has 2 rings (SSSR count). The van der Waals surface area contributed by atoms with Gasteiger partial charge in [0.2, 0.25) is 5.88 Å². The summed E-state index contributed by atoms with van der Waals surface area (Å²) in [6, 6.07) is 0. The fraction of sp³-hybridized carbons (Fsp3) is 0.500. The van der Waals surface area contributed by atoms with E-state index >= 15 is 0 Å². The van der Waals surface area contributed by atoms with Gasteiger partial charge in [-0.15, -0.1) is 0 Å². The molecule has 0 aromatic carbocycles. The zero-order valence-electron chi connectivity index (χ0n) is 6.42. The van der Waals surface area contributed by atoms with Gasteiger partial charge in [-0.05, 0) is 19.8 Å². The fourth-order valence-corrected chi connectivity index (χ4v) is 1.16. The summed E-state index contributed by atoms with van der Waals surface area (Å²) < 4.78 is 5.27. The molecule has 1 aliphatic heterocycles. The van der Waals surface area contributed by atoms with Gasteiger partial charge in [0, 0.05) is 0 Å². The van der Waals surface area contributed by atoms with E-state index in [9.17, 15) is 0 Å². The number of hydrogen-bond acceptors (Lipinski definition) is 3. The highest BCUT2D eigenvalue weighted by Gasteiger charge is 2.12. The second kappa shape index (κ2) is 2.49. The van der Waals surface area contributed by atoms with E-state index in [1.807, 2.05) is 6.92 Å². The lowest BCUT2D eigenvalue weighted by molar-refractivity contribution is 0.272. The molecule has 0 saturated carbocycles. The van der Waals surface area contributed by atoms with Crippen LogP contribution in [0.2, 0.25) is 0 Å². The lowest BCUT2D eigenvalue weighted by atomic mass is 10.2. The van der Waals surface area contributed by atoms with Crippen molar-refractivity contribution in [3.05, 3.63) is 17.6 Å². The molecule has 0 fully saturated rings. The molecule has 0 atom stereocenters. The first kappa shape index (κ1) is 6.58. The van der Waals surface area contributed by atoms with Crippen LogP contribution in [-0.2, 0) is 6.42 Å². The Bertz CT molecular complexity index is 273. The van der Waals surface area contributed by atoms with Gasteiger partial charge in [0.25, 0.3) is 0 Å². The van der Waals surface area contributed by atoms with Crippen molar-refractivity contribution in [2.75, 3.05) is 6.61 Å². The third-order valence-electron chi connectivity index (χ3n) is 1.67. The van der Waals surface area contributed by atoms with Gasteiger partial charge >= 0.3 is 0 Å². The molecular weight excluding hydrogens is 140 g/mol. The molecule has 2 heterocycles. The summed E-state index contributed by atoms with van der Waals surface area (Å²) in [5.74, 6) is 0.668. The Morgan fingerprint density at radius 2 is 2.45 bits per heavy atom. The molecule has 57 valence electrons. The van der Waals surface area contributed by atoms with Crippen molar-refractivity contribution < 1.29 is 4.74 Å². The Morgan fingerprint density at radius 3 is 3.36 bits per heavy atom. The summed E-state index contributed by atoms with van der Waals surface area (Å²) in [4.78, 5) is 8.28. The number of aromatic nitrogens is 2. The topological polar surface area (TPSA) is 35.0 Å². The van der Waals surface area contributed by atoms with Gasteiger partial charge in [-0.1, -0.05) is 0 Å². The highest BCUT2D eigenvalue weighted by atomic mass is 16.5. The molecule has 1 radical (unpaired) electrons. The summed E-state index contributed by atoms with van der Waals surface area (Å²) in [7, 11) is 0. The van der Waals surface area contributed by atoms with E-state index in [0.29, 0.717) is 5.88 Å². The van der Waals surface area contributed by atoms with E-state index in [1.165, 1.54) is 0 Å². The Morgan fingerprint density at radius 1 is 1.55 bits per heavy atom. The molecule has 3 heteroatoms. The number of fused-ring (bicyclic) bond motifs is 1. The largest absolute Gasteiger partial charge is 0.476 e. The summed E-state index contributed by atoms with van der Waals surface area (Å²) >= 11 is 0. The number of aryl methyl sites for hydroxylation is 2. The second-order valence-electron chi connectivity index (χ2n) is 2.62. The first-order valence-electron chi connectivity index (χ1n) is 3.74. The Hall–Kier alpha value is -1.12. The standard InChI is InChI=1S/C8H9N2O/c1-6-5-9-8-7(10-6)3-2-4-11-8/h2-4H2,1H3.